The third kappa shape index (κ3) is 4.64. The number of rotatable bonds is 5. The number of amides is 1. The first-order valence-electron chi connectivity index (χ1n) is 9.42. The van der Waals surface area contributed by atoms with Gasteiger partial charge in [0.2, 0.25) is 5.91 Å². The first-order valence-corrected chi connectivity index (χ1v) is 9.42. The Labute approximate surface area is 156 Å². The SMILES string of the molecule is Cc1ccc([C@H](C)NC(=O)CN2CCN(c3ccccc3)CC2)cc1C. The maximum absolute atomic E-state index is 12.4. The van der Waals surface area contributed by atoms with E-state index in [1.54, 1.807) is 0 Å². The van der Waals surface area contributed by atoms with Crippen LogP contribution in [-0.4, -0.2) is 43.5 Å². The molecule has 1 aliphatic heterocycles. The van der Waals surface area contributed by atoms with Gasteiger partial charge in [-0.1, -0.05) is 36.4 Å². The number of carbonyl (C=O) groups excluding carboxylic acids is 1. The molecule has 3 rings (SSSR count). The maximum atomic E-state index is 12.4. The Morgan fingerprint density at radius 1 is 1.00 bits per heavy atom. The Hall–Kier alpha value is -2.33. The lowest BCUT2D eigenvalue weighted by molar-refractivity contribution is -0.123. The molecule has 26 heavy (non-hydrogen) atoms. The van der Waals surface area contributed by atoms with Gasteiger partial charge < -0.3 is 10.2 Å². The minimum absolute atomic E-state index is 0.0346. The van der Waals surface area contributed by atoms with E-state index in [9.17, 15) is 4.79 Å². The number of para-hydroxylation sites is 1. The second kappa shape index (κ2) is 8.37. The molecule has 1 N–H and O–H groups in total. The average Bonchev–Trinajstić information content (AvgIpc) is 2.65. The summed E-state index contributed by atoms with van der Waals surface area (Å²) < 4.78 is 0. The van der Waals surface area contributed by atoms with E-state index in [1.807, 2.05) is 6.07 Å². The summed E-state index contributed by atoms with van der Waals surface area (Å²) in [4.78, 5) is 17.1. The standard InChI is InChI=1S/C22H29N3O/c1-17-9-10-20(15-18(17)2)19(3)23-22(26)16-24-11-13-25(14-12-24)21-7-5-4-6-8-21/h4-10,15,19H,11-14,16H2,1-3H3,(H,23,26)/t19-/m0/s1. The molecule has 2 aromatic carbocycles. The predicted molar refractivity (Wildman–Crippen MR) is 108 cm³/mol. The van der Waals surface area contributed by atoms with Crippen molar-refractivity contribution in [1.82, 2.24) is 10.2 Å². The largest absolute Gasteiger partial charge is 0.369 e. The predicted octanol–water partition coefficient (Wildman–Crippen LogP) is 3.30. The summed E-state index contributed by atoms with van der Waals surface area (Å²) in [6.07, 6.45) is 0. The highest BCUT2D eigenvalue weighted by Crippen LogP contribution is 2.17. The summed E-state index contributed by atoms with van der Waals surface area (Å²) in [7, 11) is 0. The van der Waals surface area contributed by atoms with Crippen LogP contribution in [0.25, 0.3) is 0 Å². The Morgan fingerprint density at radius 3 is 2.35 bits per heavy atom. The number of anilines is 1. The van der Waals surface area contributed by atoms with Crippen molar-refractivity contribution in [1.29, 1.82) is 0 Å². The van der Waals surface area contributed by atoms with E-state index in [-0.39, 0.29) is 11.9 Å². The van der Waals surface area contributed by atoms with Crippen LogP contribution < -0.4 is 10.2 Å². The summed E-state index contributed by atoms with van der Waals surface area (Å²) in [5, 5.41) is 3.14. The second-order valence-corrected chi connectivity index (χ2v) is 7.23. The molecule has 0 radical (unpaired) electrons. The van der Waals surface area contributed by atoms with Gasteiger partial charge in [-0.25, -0.2) is 0 Å². The fourth-order valence-electron chi connectivity index (χ4n) is 3.41. The van der Waals surface area contributed by atoms with Crippen molar-refractivity contribution in [2.45, 2.75) is 26.8 Å². The molecule has 2 aromatic rings. The van der Waals surface area contributed by atoms with Gasteiger partial charge in [0.05, 0.1) is 12.6 Å². The number of piperazine rings is 1. The Bertz CT molecular complexity index is 736. The van der Waals surface area contributed by atoms with Crippen molar-refractivity contribution in [2.75, 3.05) is 37.6 Å². The molecule has 0 aliphatic carbocycles. The minimum atomic E-state index is 0.0346. The van der Waals surface area contributed by atoms with Crippen LogP contribution in [0, 0.1) is 13.8 Å². The van der Waals surface area contributed by atoms with E-state index < -0.39 is 0 Å². The molecule has 1 atom stereocenters. The smallest absolute Gasteiger partial charge is 0.234 e. The number of aryl methyl sites for hydroxylation is 2. The van der Waals surface area contributed by atoms with Gasteiger partial charge >= 0.3 is 0 Å². The molecule has 4 nitrogen and oxygen atoms in total. The van der Waals surface area contributed by atoms with Crippen molar-refractivity contribution >= 4 is 11.6 Å². The van der Waals surface area contributed by atoms with Gasteiger partial charge in [-0.2, -0.15) is 0 Å². The highest BCUT2D eigenvalue weighted by molar-refractivity contribution is 5.78. The second-order valence-electron chi connectivity index (χ2n) is 7.23. The molecule has 1 heterocycles. The summed E-state index contributed by atoms with van der Waals surface area (Å²) in [5.74, 6) is 0.101. The van der Waals surface area contributed by atoms with Crippen molar-refractivity contribution in [3.63, 3.8) is 0 Å². The van der Waals surface area contributed by atoms with Gasteiger partial charge in [0.1, 0.15) is 0 Å². The van der Waals surface area contributed by atoms with Crippen LogP contribution in [-0.2, 0) is 4.79 Å². The molecular weight excluding hydrogens is 322 g/mol. The van der Waals surface area contributed by atoms with Crippen LogP contribution in [0.15, 0.2) is 48.5 Å². The van der Waals surface area contributed by atoms with Crippen LogP contribution in [0.5, 0.6) is 0 Å². The van der Waals surface area contributed by atoms with Gasteiger partial charge in [0, 0.05) is 31.9 Å². The fraction of sp³-hybridized carbons (Fsp3) is 0.409. The normalized spacial score (nSPS) is 16.3. The van der Waals surface area contributed by atoms with E-state index in [0.29, 0.717) is 6.54 Å². The number of benzene rings is 2. The van der Waals surface area contributed by atoms with E-state index in [0.717, 1.165) is 31.7 Å². The molecule has 0 spiro atoms. The monoisotopic (exact) mass is 351 g/mol. The summed E-state index contributed by atoms with van der Waals surface area (Å²) in [6.45, 7) is 10.5. The molecule has 0 unspecified atom stereocenters. The van der Waals surface area contributed by atoms with Gasteiger partial charge in [0.25, 0.3) is 0 Å². The zero-order chi connectivity index (χ0) is 18.5. The van der Waals surface area contributed by atoms with E-state index in [4.69, 9.17) is 0 Å². The Balaban J connectivity index is 1.47. The minimum Gasteiger partial charge on any atom is -0.369 e. The molecule has 1 fully saturated rings. The molecule has 0 saturated carbocycles. The van der Waals surface area contributed by atoms with Crippen LogP contribution in [0.1, 0.15) is 29.7 Å². The van der Waals surface area contributed by atoms with Crippen LogP contribution in [0.3, 0.4) is 0 Å². The van der Waals surface area contributed by atoms with E-state index in [1.165, 1.54) is 16.8 Å². The Kier molecular flexibility index (Phi) is 5.94. The molecule has 1 aliphatic rings. The van der Waals surface area contributed by atoms with Crippen molar-refractivity contribution < 1.29 is 4.79 Å². The molecule has 0 aromatic heterocycles. The third-order valence-electron chi connectivity index (χ3n) is 5.27. The molecule has 1 saturated heterocycles. The first kappa shape index (κ1) is 18.5. The lowest BCUT2D eigenvalue weighted by Crippen LogP contribution is -2.49. The zero-order valence-corrected chi connectivity index (χ0v) is 16.0. The van der Waals surface area contributed by atoms with E-state index in [2.05, 4.69) is 78.4 Å². The topological polar surface area (TPSA) is 35.6 Å². The van der Waals surface area contributed by atoms with Crippen LogP contribution in [0.2, 0.25) is 0 Å². The maximum Gasteiger partial charge on any atom is 0.234 e. The van der Waals surface area contributed by atoms with Gasteiger partial charge in [0.15, 0.2) is 0 Å². The highest BCUT2D eigenvalue weighted by Gasteiger charge is 2.20. The van der Waals surface area contributed by atoms with Crippen molar-refractivity contribution in [3.8, 4) is 0 Å². The molecular formula is C22H29N3O. The van der Waals surface area contributed by atoms with Crippen LogP contribution in [0.4, 0.5) is 5.69 Å². The van der Waals surface area contributed by atoms with Crippen molar-refractivity contribution in [3.05, 3.63) is 65.2 Å². The summed E-state index contributed by atoms with van der Waals surface area (Å²) >= 11 is 0. The molecule has 138 valence electrons. The summed E-state index contributed by atoms with van der Waals surface area (Å²) in [6, 6.07) is 16.9. The fourth-order valence-corrected chi connectivity index (χ4v) is 3.41. The summed E-state index contributed by atoms with van der Waals surface area (Å²) in [5.41, 5.74) is 4.97. The molecule has 0 bridgehead atoms. The number of hydrogen-bond donors (Lipinski definition) is 1. The number of nitrogens with one attached hydrogen (secondary N) is 1. The Morgan fingerprint density at radius 2 is 1.69 bits per heavy atom. The lowest BCUT2D eigenvalue weighted by atomic mass is 10.0. The number of hydrogen-bond acceptors (Lipinski definition) is 3. The first-order chi connectivity index (χ1) is 12.5. The number of nitrogens with zero attached hydrogens (tertiary/aromatic N) is 2. The zero-order valence-electron chi connectivity index (χ0n) is 16.0. The van der Waals surface area contributed by atoms with Gasteiger partial charge in [-0.15, -0.1) is 0 Å². The van der Waals surface area contributed by atoms with Crippen LogP contribution >= 0.6 is 0 Å². The number of carbonyl (C=O) groups is 1. The lowest BCUT2D eigenvalue weighted by Gasteiger charge is -2.35. The highest BCUT2D eigenvalue weighted by atomic mass is 16.2. The third-order valence-corrected chi connectivity index (χ3v) is 5.27. The van der Waals surface area contributed by atoms with E-state index >= 15 is 0 Å². The van der Waals surface area contributed by atoms with Crippen molar-refractivity contribution in [2.24, 2.45) is 0 Å². The molecule has 1 amide bonds. The average molecular weight is 351 g/mol. The van der Waals surface area contributed by atoms with Gasteiger partial charge in [-0.3, -0.25) is 9.69 Å². The van der Waals surface area contributed by atoms with Gasteiger partial charge in [-0.05, 0) is 49.6 Å². The molecule has 4 heteroatoms. The quantitative estimate of drug-likeness (QED) is 0.898.